The van der Waals surface area contributed by atoms with Crippen molar-refractivity contribution in [3.05, 3.63) is 36.4 Å². The van der Waals surface area contributed by atoms with Crippen LogP contribution in [-0.2, 0) is 14.1 Å². The highest BCUT2D eigenvalue weighted by Gasteiger charge is 2.30. The van der Waals surface area contributed by atoms with E-state index in [1.165, 1.54) is 42.9 Å². The Hall–Kier alpha value is -1.77. The molecule has 2 aromatic rings. The zero-order valence-electron chi connectivity index (χ0n) is 12.7. The lowest BCUT2D eigenvalue weighted by Gasteiger charge is -2.27. The smallest absolute Gasteiger partial charge is 0.258 e. The Kier molecular flexibility index (Phi) is 3.51. The Morgan fingerprint density at radius 1 is 1.15 bits per heavy atom. The van der Waals surface area contributed by atoms with Gasteiger partial charge in [-0.3, -0.25) is 4.90 Å². The van der Waals surface area contributed by atoms with Gasteiger partial charge in [-0.1, -0.05) is 30.3 Å². The van der Waals surface area contributed by atoms with E-state index < -0.39 is 0 Å². The van der Waals surface area contributed by atoms with Crippen molar-refractivity contribution in [2.24, 2.45) is 14.1 Å². The third-order valence-corrected chi connectivity index (χ3v) is 4.56. The van der Waals surface area contributed by atoms with Crippen LogP contribution in [0.1, 0.15) is 26.2 Å². The molecular formula is C17H24N3+. The Morgan fingerprint density at radius 2 is 1.90 bits per heavy atom. The zero-order chi connectivity index (χ0) is 14.1. The molecule has 1 unspecified atom stereocenters. The summed E-state index contributed by atoms with van der Waals surface area (Å²) in [6.07, 6.45) is 3.97. The molecule has 1 aromatic carbocycles. The standard InChI is InChI=1S/C17H24N3/c1-14-9-7-8-12-20(14)17-13-16(18(2)19(17)3)15-10-5-4-6-11-15/h4-6,10-11,13-14H,7-9,12H2,1-3H3/q+1. The van der Waals surface area contributed by atoms with Crippen molar-refractivity contribution >= 4 is 5.82 Å². The third kappa shape index (κ3) is 2.21. The van der Waals surface area contributed by atoms with Gasteiger partial charge >= 0.3 is 0 Å². The molecule has 1 aliphatic rings. The van der Waals surface area contributed by atoms with Crippen LogP contribution in [0.2, 0.25) is 0 Å². The van der Waals surface area contributed by atoms with Crippen LogP contribution in [0.5, 0.6) is 0 Å². The summed E-state index contributed by atoms with van der Waals surface area (Å²) in [5, 5.41) is 0. The molecule has 0 N–H and O–H groups in total. The molecule has 1 aliphatic heterocycles. The molecule has 3 nitrogen and oxygen atoms in total. The van der Waals surface area contributed by atoms with Crippen LogP contribution in [0.3, 0.4) is 0 Å². The summed E-state index contributed by atoms with van der Waals surface area (Å²) < 4.78 is 4.51. The van der Waals surface area contributed by atoms with Gasteiger partial charge in [0.15, 0.2) is 0 Å². The fourth-order valence-corrected chi connectivity index (χ4v) is 3.21. The molecule has 3 rings (SSSR count). The van der Waals surface area contributed by atoms with Crippen molar-refractivity contribution in [1.82, 2.24) is 4.68 Å². The second kappa shape index (κ2) is 5.31. The molecule has 0 aliphatic carbocycles. The third-order valence-electron chi connectivity index (χ3n) is 4.56. The van der Waals surface area contributed by atoms with Crippen LogP contribution in [0, 0.1) is 0 Å². The van der Waals surface area contributed by atoms with Crippen molar-refractivity contribution in [1.29, 1.82) is 0 Å². The Morgan fingerprint density at radius 3 is 2.60 bits per heavy atom. The molecular weight excluding hydrogens is 246 g/mol. The van der Waals surface area contributed by atoms with Crippen LogP contribution in [0.15, 0.2) is 36.4 Å². The van der Waals surface area contributed by atoms with Gasteiger partial charge in [-0.05, 0) is 26.2 Å². The monoisotopic (exact) mass is 270 g/mol. The van der Waals surface area contributed by atoms with E-state index in [4.69, 9.17) is 0 Å². The molecule has 0 amide bonds. The minimum atomic E-state index is 0.640. The maximum Gasteiger partial charge on any atom is 0.297 e. The Labute approximate surface area is 121 Å². The molecule has 0 radical (unpaired) electrons. The second-order valence-electron chi connectivity index (χ2n) is 5.84. The molecule has 20 heavy (non-hydrogen) atoms. The summed E-state index contributed by atoms with van der Waals surface area (Å²) >= 11 is 0. The van der Waals surface area contributed by atoms with Gasteiger partial charge in [-0.15, -0.1) is 0 Å². The topological polar surface area (TPSA) is 12.1 Å². The van der Waals surface area contributed by atoms with Gasteiger partial charge in [0, 0.05) is 12.6 Å². The molecule has 1 atom stereocenters. The number of anilines is 1. The summed E-state index contributed by atoms with van der Waals surface area (Å²) in [5.74, 6) is 1.33. The average Bonchev–Trinajstić information content (AvgIpc) is 2.77. The van der Waals surface area contributed by atoms with E-state index >= 15 is 0 Å². The van der Waals surface area contributed by atoms with Crippen LogP contribution in [-0.4, -0.2) is 17.3 Å². The zero-order valence-corrected chi connectivity index (χ0v) is 12.7. The molecule has 0 spiro atoms. The lowest BCUT2D eigenvalue weighted by molar-refractivity contribution is -0.739. The highest BCUT2D eigenvalue weighted by atomic mass is 15.4. The molecule has 3 heteroatoms. The second-order valence-corrected chi connectivity index (χ2v) is 5.84. The summed E-state index contributed by atoms with van der Waals surface area (Å²) in [6, 6.07) is 13.6. The fraction of sp³-hybridized carbons (Fsp3) is 0.471. The maximum absolute atomic E-state index is 2.55. The number of piperidine rings is 1. The summed E-state index contributed by atoms with van der Waals surface area (Å²) in [7, 11) is 4.30. The highest BCUT2D eigenvalue weighted by Crippen LogP contribution is 2.26. The largest absolute Gasteiger partial charge is 0.297 e. The van der Waals surface area contributed by atoms with E-state index in [1.807, 2.05) is 0 Å². The van der Waals surface area contributed by atoms with Crippen molar-refractivity contribution in [2.45, 2.75) is 32.2 Å². The SMILES string of the molecule is CC1CCCCN1c1cc(-c2ccccc2)n(C)[n+]1C. The van der Waals surface area contributed by atoms with Crippen LogP contribution < -0.4 is 9.58 Å². The van der Waals surface area contributed by atoms with E-state index in [9.17, 15) is 0 Å². The lowest BCUT2D eigenvalue weighted by Crippen LogP contribution is -2.48. The van der Waals surface area contributed by atoms with E-state index in [-0.39, 0.29) is 0 Å². The van der Waals surface area contributed by atoms with Gasteiger partial charge in [-0.2, -0.15) is 4.68 Å². The molecule has 1 fully saturated rings. The molecule has 2 heterocycles. The van der Waals surface area contributed by atoms with Gasteiger partial charge < -0.3 is 0 Å². The Bertz CT molecular complexity index is 586. The van der Waals surface area contributed by atoms with Crippen molar-refractivity contribution in [2.75, 3.05) is 11.4 Å². The fourth-order valence-electron chi connectivity index (χ4n) is 3.21. The van der Waals surface area contributed by atoms with E-state index in [0.29, 0.717) is 6.04 Å². The van der Waals surface area contributed by atoms with Gasteiger partial charge in [0.2, 0.25) is 0 Å². The average molecular weight is 270 g/mol. The molecule has 0 saturated carbocycles. The van der Waals surface area contributed by atoms with Gasteiger partial charge in [0.1, 0.15) is 7.05 Å². The minimum Gasteiger partial charge on any atom is -0.258 e. The van der Waals surface area contributed by atoms with Gasteiger partial charge in [0.05, 0.1) is 24.3 Å². The normalized spacial score (nSPS) is 19.4. The number of hydrogen-bond acceptors (Lipinski definition) is 1. The number of rotatable bonds is 2. The van der Waals surface area contributed by atoms with Gasteiger partial charge in [-0.25, -0.2) is 4.68 Å². The first-order valence-electron chi connectivity index (χ1n) is 7.56. The highest BCUT2D eigenvalue weighted by molar-refractivity contribution is 5.62. The number of hydrogen-bond donors (Lipinski definition) is 0. The van der Waals surface area contributed by atoms with E-state index in [2.05, 4.69) is 71.7 Å². The lowest BCUT2D eigenvalue weighted by atomic mass is 10.0. The first-order chi connectivity index (χ1) is 9.68. The number of benzene rings is 1. The minimum absolute atomic E-state index is 0.640. The van der Waals surface area contributed by atoms with Crippen molar-refractivity contribution in [3.63, 3.8) is 0 Å². The molecule has 1 saturated heterocycles. The van der Waals surface area contributed by atoms with Crippen LogP contribution >= 0.6 is 0 Å². The summed E-state index contributed by atoms with van der Waals surface area (Å²) in [5.41, 5.74) is 2.56. The van der Waals surface area contributed by atoms with Gasteiger partial charge in [0.25, 0.3) is 5.82 Å². The Balaban J connectivity index is 2.01. The molecule has 1 aromatic heterocycles. The summed E-state index contributed by atoms with van der Waals surface area (Å²) in [6.45, 7) is 3.52. The maximum atomic E-state index is 2.55. The van der Waals surface area contributed by atoms with Crippen molar-refractivity contribution < 1.29 is 4.68 Å². The summed E-state index contributed by atoms with van der Waals surface area (Å²) in [4.78, 5) is 2.55. The predicted molar refractivity (Wildman–Crippen MR) is 82.7 cm³/mol. The molecule has 0 bridgehead atoms. The van der Waals surface area contributed by atoms with E-state index in [1.54, 1.807) is 0 Å². The quantitative estimate of drug-likeness (QED) is 0.764. The molecule has 106 valence electrons. The van der Waals surface area contributed by atoms with Crippen LogP contribution in [0.25, 0.3) is 11.3 Å². The number of nitrogens with zero attached hydrogens (tertiary/aromatic N) is 3. The van der Waals surface area contributed by atoms with Crippen LogP contribution in [0.4, 0.5) is 5.82 Å². The first kappa shape index (κ1) is 13.2. The number of aromatic nitrogens is 2. The van der Waals surface area contributed by atoms with E-state index in [0.717, 1.165) is 0 Å². The first-order valence-corrected chi connectivity index (χ1v) is 7.56. The predicted octanol–water partition coefficient (Wildman–Crippen LogP) is 2.90. The van der Waals surface area contributed by atoms with Crippen molar-refractivity contribution in [3.8, 4) is 11.3 Å².